The number of esters is 1. The Labute approximate surface area is 178 Å². The normalized spacial score (nSPS) is 19.3. The zero-order valence-corrected chi connectivity index (χ0v) is 17.8. The molecule has 158 valence electrons. The average molecular weight is 408 g/mol. The second-order valence-corrected chi connectivity index (χ2v) is 7.71. The van der Waals surface area contributed by atoms with Crippen LogP contribution < -0.4 is 4.74 Å². The summed E-state index contributed by atoms with van der Waals surface area (Å²) in [7, 11) is 1.60. The Morgan fingerprint density at radius 3 is 2.40 bits per heavy atom. The van der Waals surface area contributed by atoms with E-state index >= 15 is 0 Å². The van der Waals surface area contributed by atoms with Crippen molar-refractivity contribution in [2.45, 2.75) is 45.2 Å². The molecule has 1 saturated heterocycles. The summed E-state index contributed by atoms with van der Waals surface area (Å²) in [5.41, 5.74) is 1.95. The molecule has 0 bridgehead atoms. The Morgan fingerprint density at radius 1 is 1.03 bits per heavy atom. The lowest BCUT2D eigenvalue weighted by Crippen LogP contribution is -2.49. The molecule has 30 heavy (non-hydrogen) atoms. The van der Waals surface area contributed by atoms with E-state index in [-0.39, 0.29) is 24.6 Å². The number of amides is 1. The number of carbonyl (C=O) groups excluding carboxylic acids is 2. The van der Waals surface area contributed by atoms with Crippen LogP contribution in [0.5, 0.6) is 5.75 Å². The van der Waals surface area contributed by atoms with Crippen molar-refractivity contribution >= 4 is 23.5 Å². The van der Waals surface area contributed by atoms with Crippen molar-refractivity contribution in [3.8, 4) is 5.75 Å². The summed E-state index contributed by atoms with van der Waals surface area (Å²) in [6, 6.07) is 17.1. The van der Waals surface area contributed by atoms with Crippen LogP contribution in [0.3, 0.4) is 0 Å². The highest BCUT2D eigenvalue weighted by atomic mass is 16.5. The highest BCUT2D eigenvalue weighted by Crippen LogP contribution is 2.24. The molecule has 0 radical (unpaired) electrons. The van der Waals surface area contributed by atoms with Gasteiger partial charge >= 0.3 is 5.97 Å². The van der Waals surface area contributed by atoms with Gasteiger partial charge < -0.3 is 14.4 Å². The molecular weight excluding hydrogens is 378 g/mol. The SMILES string of the molecule is COc1cccc(C=C(C(=O)OCC(=O)N2C(C)CCCC2C)c2ccccc2)c1. The molecule has 3 rings (SSSR count). The van der Waals surface area contributed by atoms with Gasteiger partial charge in [0, 0.05) is 12.1 Å². The van der Waals surface area contributed by atoms with Crippen molar-refractivity contribution in [1.82, 2.24) is 4.90 Å². The van der Waals surface area contributed by atoms with Crippen LogP contribution in [0.4, 0.5) is 0 Å². The first kappa shape index (κ1) is 21.6. The summed E-state index contributed by atoms with van der Waals surface area (Å²) in [5.74, 6) is 0.0410. The van der Waals surface area contributed by atoms with Crippen LogP contribution in [-0.2, 0) is 14.3 Å². The van der Waals surface area contributed by atoms with Crippen LogP contribution in [0.15, 0.2) is 54.6 Å². The van der Waals surface area contributed by atoms with E-state index < -0.39 is 5.97 Å². The van der Waals surface area contributed by atoms with E-state index in [1.165, 1.54) is 0 Å². The van der Waals surface area contributed by atoms with Crippen molar-refractivity contribution in [3.05, 3.63) is 65.7 Å². The molecule has 1 aliphatic heterocycles. The predicted molar refractivity (Wildman–Crippen MR) is 118 cm³/mol. The molecule has 0 aliphatic carbocycles. The van der Waals surface area contributed by atoms with Crippen molar-refractivity contribution in [3.63, 3.8) is 0 Å². The second-order valence-electron chi connectivity index (χ2n) is 7.71. The van der Waals surface area contributed by atoms with E-state index in [1.54, 1.807) is 13.2 Å². The van der Waals surface area contributed by atoms with E-state index in [9.17, 15) is 9.59 Å². The molecule has 1 fully saturated rings. The van der Waals surface area contributed by atoms with Crippen molar-refractivity contribution in [1.29, 1.82) is 0 Å². The quantitative estimate of drug-likeness (QED) is 0.400. The number of hydrogen-bond acceptors (Lipinski definition) is 4. The van der Waals surface area contributed by atoms with Crippen molar-refractivity contribution in [2.75, 3.05) is 13.7 Å². The van der Waals surface area contributed by atoms with Gasteiger partial charge in [-0.2, -0.15) is 0 Å². The minimum Gasteiger partial charge on any atom is -0.497 e. The summed E-state index contributed by atoms with van der Waals surface area (Å²) in [6.07, 6.45) is 4.84. The van der Waals surface area contributed by atoms with Gasteiger partial charge in [-0.1, -0.05) is 42.5 Å². The monoisotopic (exact) mass is 407 g/mol. The Kier molecular flexibility index (Phi) is 7.28. The third-order valence-corrected chi connectivity index (χ3v) is 5.52. The summed E-state index contributed by atoms with van der Waals surface area (Å²) in [5, 5.41) is 0. The number of ether oxygens (including phenoxy) is 2. The molecular formula is C25H29NO4. The highest BCUT2D eigenvalue weighted by molar-refractivity contribution is 6.21. The Morgan fingerprint density at radius 2 is 1.73 bits per heavy atom. The van der Waals surface area contributed by atoms with Gasteiger partial charge in [-0.15, -0.1) is 0 Å². The lowest BCUT2D eigenvalue weighted by Gasteiger charge is -2.38. The van der Waals surface area contributed by atoms with Crippen LogP contribution >= 0.6 is 0 Å². The van der Waals surface area contributed by atoms with Crippen LogP contribution in [0.1, 0.15) is 44.2 Å². The lowest BCUT2D eigenvalue weighted by atomic mass is 9.97. The molecule has 1 heterocycles. The van der Waals surface area contributed by atoms with Crippen molar-refractivity contribution < 1.29 is 19.1 Å². The van der Waals surface area contributed by atoms with Gasteiger partial charge in [-0.25, -0.2) is 4.79 Å². The van der Waals surface area contributed by atoms with Gasteiger partial charge in [0.2, 0.25) is 0 Å². The Balaban J connectivity index is 1.79. The molecule has 0 spiro atoms. The molecule has 1 aliphatic rings. The number of piperidine rings is 1. The first-order chi connectivity index (χ1) is 14.5. The molecule has 2 atom stereocenters. The van der Waals surface area contributed by atoms with Gasteiger partial charge in [0.15, 0.2) is 6.61 Å². The third kappa shape index (κ3) is 5.29. The third-order valence-electron chi connectivity index (χ3n) is 5.52. The number of carbonyl (C=O) groups is 2. The smallest absolute Gasteiger partial charge is 0.339 e. The fourth-order valence-electron chi connectivity index (χ4n) is 3.97. The van der Waals surface area contributed by atoms with Crippen LogP contribution in [-0.4, -0.2) is 42.6 Å². The van der Waals surface area contributed by atoms with Crippen LogP contribution in [0, 0.1) is 0 Å². The maximum atomic E-state index is 13.0. The molecule has 2 aromatic carbocycles. The van der Waals surface area contributed by atoms with Crippen LogP contribution in [0.2, 0.25) is 0 Å². The molecule has 0 aromatic heterocycles. The largest absolute Gasteiger partial charge is 0.497 e. The zero-order valence-electron chi connectivity index (χ0n) is 17.8. The molecule has 2 unspecified atom stereocenters. The second kappa shape index (κ2) is 10.1. The Bertz CT molecular complexity index is 896. The Hall–Kier alpha value is -3.08. The zero-order chi connectivity index (χ0) is 21.5. The predicted octanol–water partition coefficient (Wildman–Crippen LogP) is 4.57. The molecule has 0 N–H and O–H groups in total. The van der Waals surface area contributed by atoms with Gasteiger partial charge in [-0.3, -0.25) is 4.79 Å². The van der Waals surface area contributed by atoms with Gasteiger partial charge in [0.25, 0.3) is 5.91 Å². The fraction of sp³-hybridized carbons (Fsp3) is 0.360. The first-order valence-corrected chi connectivity index (χ1v) is 10.4. The lowest BCUT2D eigenvalue weighted by molar-refractivity contribution is -0.151. The fourth-order valence-corrected chi connectivity index (χ4v) is 3.97. The standard InChI is InChI=1S/C25H29NO4/c1-18-9-7-10-19(2)26(18)24(27)17-30-25(28)23(21-12-5-4-6-13-21)16-20-11-8-14-22(15-20)29-3/h4-6,8,11-16,18-19H,7,9-10,17H2,1-3H3. The minimum atomic E-state index is -0.519. The van der Waals surface area contributed by atoms with Gasteiger partial charge in [0.05, 0.1) is 12.7 Å². The average Bonchev–Trinajstić information content (AvgIpc) is 2.76. The number of hydrogen-bond donors (Lipinski definition) is 0. The van der Waals surface area contributed by atoms with Gasteiger partial charge in [0.1, 0.15) is 5.75 Å². The maximum absolute atomic E-state index is 13.0. The first-order valence-electron chi connectivity index (χ1n) is 10.4. The molecule has 5 heteroatoms. The van der Waals surface area contributed by atoms with Crippen molar-refractivity contribution in [2.24, 2.45) is 0 Å². The molecule has 1 amide bonds. The van der Waals surface area contributed by atoms with Gasteiger partial charge in [-0.05, 0) is 62.4 Å². The van der Waals surface area contributed by atoms with E-state index in [2.05, 4.69) is 0 Å². The van der Waals surface area contributed by atoms with E-state index in [0.29, 0.717) is 11.3 Å². The number of benzene rings is 2. The molecule has 2 aromatic rings. The highest BCUT2D eigenvalue weighted by Gasteiger charge is 2.29. The van der Waals surface area contributed by atoms with E-state index in [4.69, 9.17) is 9.47 Å². The maximum Gasteiger partial charge on any atom is 0.339 e. The summed E-state index contributed by atoms with van der Waals surface area (Å²) < 4.78 is 10.7. The number of nitrogens with zero attached hydrogens (tertiary/aromatic N) is 1. The van der Waals surface area contributed by atoms with E-state index in [1.807, 2.05) is 73.3 Å². The summed E-state index contributed by atoms with van der Waals surface area (Å²) in [4.78, 5) is 27.5. The number of likely N-dealkylation sites (tertiary alicyclic amines) is 1. The number of methoxy groups -OCH3 is 1. The topological polar surface area (TPSA) is 55.8 Å². The molecule has 0 saturated carbocycles. The number of rotatable bonds is 6. The van der Waals surface area contributed by atoms with Crippen LogP contribution in [0.25, 0.3) is 11.6 Å². The summed E-state index contributed by atoms with van der Waals surface area (Å²) >= 11 is 0. The molecule has 5 nitrogen and oxygen atoms in total. The van der Waals surface area contributed by atoms with E-state index in [0.717, 1.165) is 30.4 Å². The minimum absolute atomic E-state index is 0.142. The summed E-state index contributed by atoms with van der Waals surface area (Å²) in [6.45, 7) is 3.84.